The predicted molar refractivity (Wildman–Crippen MR) is 132 cm³/mol. The molecule has 3 rings (SSSR count). The van der Waals surface area contributed by atoms with Crippen molar-refractivity contribution in [3.8, 4) is 0 Å². The molecule has 5 nitrogen and oxygen atoms in total. The van der Waals surface area contributed by atoms with Crippen LogP contribution in [0.3, 0.4) is 0 Å². The van der Waals surface area contributed by atoms with Gasteiger partial charge in [-0.2, -0.15) is 0 Å². The Hall–Kier alpha value is -3.12. The average molecular weight is 450 g/mol. The first-order valence-corrected chi connectivity index (χ1v) is 11.7. The summed E-state index contributed by atoms with van der Waals surface area (Å²) in [5.41, 5.74) is 3.86. The molecule has 3 amide bonds. The van der Waals surface area contributed by atoms with E-state index in [1.54, 1.807) is 16.2 Å². The van der Waals surface area contributed by atoms with Gasteiger partial charge in [0, 0.05) is 23.2 Å². The summed E-state index contributed by atoms with van der Waals surface area (Å²) in [5.74, 6) is -0.0763. The Kier molecular flexibility index (Phi) is 8.06. The topological polar surface area (TPSA) is 52.7 Å². The molecule has 0 radical (unpaired) electrons. The van der Waals surface area contributed by atoms with Gasteiger partial charge in [-0.15, -0.1) is 11.3 Å². The Labute approximate surface area is 194 Å². The number of anilines is 1. The number of carbonyl (C=O) groups excluding carboxylic acids is 2. The number of rotatable bonds is 8. The number of para-hydroxylation sites is 1. The summed E-state index contributed by atoms with van der Waals surface area (Å²) >= 11 is 1.63. The zero-order valence-electron chi connectivity index (χ0n) is 19.2. The van der Waals surface area contributed by atoms with Gasteiger partial charge in [-0.3, -0.25) is 4.79 Å². The lowest BCUT2D eigenvalue weighted by atomic mass is 10.1. The minimum Gasteiger partial charge on any atom is -0.332 e. The molecule has 1 aromatic heterocycles. The molecule has 1 heterocycles. The van der Waals surface area contributed by atoms with Crippen LogP contribution in [0.5, 0.6) is 0 Å². The number of nitrogens with zero attached hydrogens (tertiary/aromatic N) is 2. The van der Waals surface area contributed by atoms with Gasteiger partial charge in [-0.05, 0) is 55.8 Å². The molecule has 0 unspecified atom stereocenters. The Morgan fingerprint density at radius 3 is 2.19 bits per heavy atom. The summed E-state index contributed by atoms with van der Waals surface area (Å²) in [4.78, 5) is 31.1. The van der Waals surface area contributed by atoms with Gasteiger partial charge >= 0.3 is 6.03 Å². The van der Waals surface area contributed by atoms with E-state index in [0.29, 0.717) is 13.1 Å². The lowest BCUT2D eigenvalue weighted by molar-refractivity contribution is -0.133. The van der Waals surface area contributed by atoms with Gasteiger partial charge in [0.2, 0.25) is 5.91 Å². The van der Waals surface area contributed by atoms with E-state index in [9.17, 15) is 9.59 Å². The highest BCUT2D eigenvalue weighted by atomic mass is 32.1. The van der Waals surface area contributed by atoms with Crippen molar-refractivity contribution in [1.29, 1.82) is 0 Å². The molecule has 1 N–H and O–H groups in total. The van der Waals surface area contributed by atoms with Crippen LogP contribution < -0.4 is 5.32 Å². The van der Waals surface area contributed by atoms with Gasteiger partial charge in [0.25, 0.3) is 0 Å². The molecule has 0 saturated carbocycles. The molecule has 0 bridgehead atoms. The van der Waals surface area contributed by atoms with Crippen LogP contribution in [0.2, 0.25) is 0 Å². The number of aryl methyl sites for hydroxylation is 2. The first-order chi connectivity index (χ1) is 15.3. The number of urea groups is 1. The van der Waals surface area contributed by atoms with E-state index in [0.717, 1.165) is 27.3 Å². The Morgan fingerprint density at radius 1 is 0.906 bits per heavy atom. The van der Waals surface area contributed by atoms with Crippen LogP contribution in [0, 0.1) is 13.8 Å². The van der Waals surface area contributed by atoms with Gasteiger partial charge in [0.15, 0.2) is 0 Å². The second-order valence-electron chi connectivity index (χ2n) is 8.23. The lowest BCUT2D eigenvalue weighted by Crippen LogP contribution is -2.47. The molecule has 2 aromatic carbocycles. The van der Waals surface area contributed by atoms with Crippen LogP contribution in [0.1, 0.15) is 35.4 Å². The standard InChI is InChI=1S/C26H31N3O2S/c1-19(2)29(26(31)27-25-20(3)10-8-11-21(25)4)18-24(30)28(17-23-14-9-15-32-23)16-22-12-6-5-7-13-22/h5-15,19H,16-18H2,1-4H3,(H,27,31). The van der Waals surface area contributed by atoms with Crippen molar-refractivity contribution in [1.82, 2.24) is 9.80 Å². The van der Waals surface area contributed by atoms with Crippen LogP contribution >= 0.6 is 11.3 Å². The minimum absolute atomic E-state index is 0.0205. The van der Waals surface area contributed by atoms with Crippen molar-refractivity contribution in [2.75, 3.05) is 11.9 Å². The number of hydrogen-bond acceptors (Lipinski definition) is 3. The van der Waals surface area contributed by atoms with Gasteiger partial charge in [0.1, 0.15) is 6.54 Å². The molecule has 3 aromatic rings. The maximum absolute atomic E-state index is 13.4. The molecular formula is C26H31N3O2S. The summed E-state index contributed by atoms with van der Waals surface area (Å²) in [6, 6.07) is 19.5. The van der Waals surface area contributed by atoms with Crippen molar-refractivity contribution in [2.45, 2.75) is 46.8 Å². The predicted octanol–water partition coefficient (Wildman–Crippen LogP) is 5.84. The van der Waals surface area contributed by atoms with E-state index in [1.807, 2.05) is 98.6 Å². The highest BCUT2D eigenvalue weighted by Crippen LogP contribution is 2.21. The summed E-state index contributed by atoms with van der Waals surface area (Å²) < 4.78 is 0. The van der Waals surface area contributed by atoms with E-state index in [-0.39, 0.29) is 24.5 Å². The quantitative estimate of drug-likeness (QED) is 0.470. The largest absolute Gasteiger partial charge is 0.332 e. The molecule has 6 heteroatoms. The highest BCUT2D eigenvalue weighted by Gasteiger charge is 2.24. The van der Waals surface area contributed by atoms with E-state index < -0.39 is 0 Å². The fourth-order valence-electron chi connectivity index (χ4n) is 3.55. The monoisotopic (exact) mass is 449 g/mol. The van der Waals surface area contributed by atoms with Crippen LogP contribution in [-0.2, 0) is 17.9 Å². The molecule has 0 aliphatic carbocycles. The summed E-state index contributed by atoms with van der Waals surface area (Å²) in [6.45, 7) is 8.84. The van der Waals surface area contributed by atoms with Crippen molar-refractivity contribution < 1.29 is 9.59 Å². The Balaban J connectivity index is 1.77. The van der Waals surface area contributed by atoms with Crippen molar-refractivity contribution in [2.24, 2.45) is 0 Å². The number of thiophene rings is 1. The number of nitrogens with one attached hydrogen (secondary N) is 1. The SMILES string of the molecule is Cc1cccc(C)c1NC(=O)N(CC(=O)N(Cc1ccccc1)Cc1cccs1)C(C)C. The van der Waals surface area contributed by atoms with Crippen molar-refractivity contribution >= 4 is 29.0 Å². The third-order valence-corrected chi connectivity index (χ3v) is 6.26. The molecule has 0 saturated heterocycles. The average Bonchev–Trinajstić information content (AvgIpc) is 3.27. The van der Waals surface area contributed by atoms with E-state index in [2.05, 4.69) is 5.32 Å². The Bertz CT molecular complexity index is 1010. The molecule has 0 aliphatic rings. The van der Waals surface area contributed by atoms with Gasteiger partial charge in [-0.1, -0.05) is 54.6 Å². The third kappa shape index (κ3) is 6.20. The maximum Gasteiger partial charge on any atom is 0.322 e. The van der Waals surface area contributed by atoms with E-state index >= 15 is 0 Å². The number of amides is 3. The maximum atomic E-state index is 13.4. The fraction of sp³-hybridized carbons (Fsp3) is 0.308. The van der Waals surface area contributed by atoms with E-state index in [1.165, 1.54) is 0 Å². The zero-order chi connectivity index (χ0) is 23.1. The smallest absolute Gasteiger partial charge is 0.322 e. The van der Waals surface area contributed by atoms with Crippen LogP contribution in [0.4, 0.5) is 10.5 Å². The Morgan fingerprint density at radius 2 is 1.59 bits per heavy atom. The first-order valence-electron chi connectivity index (χ1n) is 10.8. The molecule has 32 heavy (non-hydrogen) atoms. The normalized spacial score (nSPS) is 10.8. The molecule has 0 spiro atoms. The van der Waals surface area contributed by atoms with Crippen LogP contribution in [0.25, 0.3) is 0 Å². The summed E-state index contributed by atoms with van der Waals surface area (Å²) in [7, 11) is 0. The fourth-order valence-corrected chi connectivity index (χ4v) is 4.27. The highest BCUT2D eigenvalue weighted by molar-refractivity contribution is 7.09. The van der Waals surface area contributed by atoms with Gasteiger partial charge < -0.3 is 15.1 Å². The van der Waals surface area contributed by atoms with Gasteiger partial charge in [-0.25, -0.2) is 4.79 Å². The molecule has 168 valence electrons. The molecule has 0 aliphatic heterocycles. The van der Waals surface area contributed by atoms with Crippen molar-refractivity contribution in [3.63, 3.8) is 0 Å². The van der Waals surface area contributed by atoms with E-state index in [4.69, 9.17) is 0 Å². The molecule has 0 atom stereocenters. The van der Waals surface area contributed by atoms with Gasteiger partial charge in [0.05, 0.1) is 6.54 Å². The summed E-state index contributed by atoms with van der Waals surface area (Å²) in [6.07, 6.45) is 0. The zero-order valence-corrected chi connectivity index (χ0v) is 20.0. The van der Waals surface area contributed by atoms with Crippen LogP contribution in [-0.4, -0.2) is 34.3 Å². The second kappa shape index (κ2) is 11.0. The second-order valence-corrected chi connectivity index (χ2v) is 9.27. The van der Waals surface area contributed by atoms with Crippen LogP contribution in [0.15, 0.2) is 66.0 Å². The minimum atomic E-state index is -0.262. The number of carbonyl (C=O) groups is 2. The van der Waals surface area contributed by atoms with Crippen molar-refractivity contribution in [3.05, 3.63) is 87.6 Å². The number of benzene rings is 2. The lowest BCUT2D eigenvalue weighted by Gasteiger charge is -2.30. The summed E-state index contributed by atoms with van der Waals surface area (Å²) in [5, 5.41) is 5.03. The molecular weight excluding hydrogens is 418 g/mol. The molecule has 0 fully saturated rings. The first kappa shape index (κ1) is 23.5. The number of hydrogen-bond donors (Lipinski definition) is 1. The third-order valence-electron chi connectivity index (χ3n) is 5.40.